The molecule has 5 heteroatoms. The molecule has 5 nitrogen and oxygen atoms in total. The lowest BCUT2D eigenvalue weighted by molar-refractivity contribution is 0.0689. The van der Waals surface area contributed by atoms with E-state index in [0.29, 0.717) is 12.0 Å². The second-order valence-corrected chi connectivity index (χ2v) is 6.12. The third-order valence-electron chi connectivity index (χ3n) is 4.64. The lowest BCUT2D eigenvalue weighted by Crippen LogP contribution is -2.50. The van der Waals surface area contributed by atoms with Crippen molar-refractivity contribution in [3.8, 4) is 0 Å². The molecule has 106 valence electrons. The van der Waals surface area contributed by atoms with E-state index in [1.807, 2.05) is 18.7 Å². The van der Waals surface area contributed by atoms with Gasteiger partial charge in [0, 0.05) is 25.0 Å². The van der Waals surface area contributed by atoms with Crippen LogP contribution in [0.1, 0.15) is 56.1 Å². The van der Waals surface area contributed by atoms with Crippen LogP contribution in [0.5, 0.6) is 0 Å². The molecule has 2 aliphatic rings. The SMILES string of the molecule is Cc1nc([C@H]2CC[C@@H](O)[C@H](NC3CCC3)C2)n(C)n1. The Labute approximate surface area is 114 Å². The molecule has 0 saturated heterocycles. The molecule has 1 heterocycles. The second kappa shape index (κ2) is 5.21. The van der Waals surface area contributed by atoms with Gasteiger partial charge in [0.2, 0.25) is 0 Å². The summed E-state index contributed by atoms with van der Waals surface area (Å²) in [6, 6.07) is 0.848. The highest BCUT2D eigenvalue weighted by Gasteiger charge is 2.34. The molecule has 1 aromatic heterocycles. The number of rotatable bonds is 3. The van der Waals surface area contributed by atoms with Gasteiger partial charge in [-0.2, -0.15) is 5.10 Å². The van der Waals surface area contributed by atoms with Crippen LogP contribution >= 0.6 is 0 Å². The molecule has 0 amide bonds. The molecule has 3 rings (SSSR count). The van der Waals surface area contributed by atoms with Crippen molar-refractivity contribution in [1.82, 2.24) is 20.1 Å². The average molecular weight is 264 g/mol. The van der Waals surface area contributed by atoms with Crippen LogP contribution in [0, 0.1) is 6.92 Å². The minimum atomic E-state index is -0.203. The van der Waals surface area contributed by atoms with Crippen LogP contribution in [0.4, 0.5) is 0 Å². The highest BCUT2D eigenvalue weighted by Crippen LogP contribution is 2.33. The van der Waals surface area contributed by atoms with E-state index in [0.717, 1.165) is 30.9 Å². The Bertz CT molecular complexity index is 441. The summed E-state index contributed by atoms with van der Waals surface area (Å²) in [5.74, 6) is 2.34. The van der Waals surface area contributed by atoms with Gasteiger partial charge in [-0.15, -0.1) is 0 Å². The fourth-order valence-corrected chi connectivity index (χ4v) is 3.33. The second-order valence-electron chi connectivity index (χ2n) is 6.12. The van der Waals surface area contributed by atoms with Gasteiger partial charge in [-0.05, 0) is 39.0 Å². The lowest BCUT2D eigenvalue weighted by Gasteiger charge is -2.38. The summed E-state index contributed by atoms with van der Waals surface area (Å²) in [6.07, 6.45) is 6.49. The number of nitrogens with zero attached hydrogens (tertiary/aromatic N) is 3. The van der Waals surface area contributed by atoms with Crippen LogP contribution in [0.2, 0.25) is 0 Å². The number of hydrogen-bond donors (Lipinski definition) is 2. The summed E-state index contributed by atoms with van der Waals surface area (Å²) in [4.78, 5) is 4.55. The average Bonchev–Trinajstić information content (AvgIpc) is 2.65. The summed E-state index contributed by atoms with van der Waals surface area (Å²) < 4.78 is 1.90. The van der Waals surface area contributed by atoms with Crippen molar-refractivity contribution in [1.29, 1.82) is 0 Å². The van der Waals surface area contributed by atoms with Gasteiger partial charge in [0.05, 0.1) is 6.10 Å². The number of aromatic nitrogens is 3. The first-order valence-corrected chi connectivity index (χ1v) is 7.45. The normalized spacial score (nSPS) is 32.3. The van der Waals surface area contributed by atoms with Gasteiger partial charge in [-0.1, -0.05) is 6.42 Å². The molecular weight excluding hydrogens is 240 g/mol. The Morgan fingerprint density at radius 2 is 2.05 bits per heavy atom. The fraction of sp³-hybridized carbons (Fsp3) is 0.857. The van der Waals surface area contributed by atoms with E-state index < -0.39 is 0 Å². The van der Waals surface area contributed by atoms with Gasteiger partial charge in [-0.3, -0.25) is 4.68 Å². The summed E-state index contributed by atoms with van der Waals surface area (Å²) in [5.41, 5.74) is 0. The van der Waals surface area contributed by atoms with Crippen LogP contribution in [-0.2, 0) is 7.05 Å². The highest BCUT2D eigenvalue weighted by molar-refractivity contribution is 5.04. The van der Waals surface area contributed by atoms with E-state index in [9.17, 15) is 5.11 Å². The zero-order valence-corrected chi connectivity index (χ0v) is 11.8. The monoisotopic (exact) mass is 264 g/mol. The number of aryl methyl sites for hydroxylation is 2. The maximum Gasteiger partial charge on any atom is 0.147 e. The van der Waals surface area contributed by atoms with Crippen LogP contribution in [0.3, 0.4) is 0 Å². The van der Waals surface area contributed by atoms with E-state index >= 15 is 0 Å². The predicted molar refractivity (Wildman–Crippen MR) is 72.9 cm³/mol. The first kappa shape index (κ1) is 13.1. The molecule has 2 saturated carbocycles. The number of aliphatic hydroxyl groups excluding tert-OH is 1. The molecule has 0 aliphatic heterocycles. The molecule has 0 unspecified atom stereocenters. The minimum absolute atomic E-state index is 0.203. The van der Waals surface area contributed by atoms with Gasteiger partial charge in [-0.25, -0.2) is 4.98 Å². The van der Waals surface area contributed by atoms with Crippen molar-refractivity contribution in [2.24, 2.45) is 7.05 Å². The van der Waals surface area contributed by atoms with Crippen LogP contribution < -0.4 is 5.32 Å². The Kier molecular flexibility index (Phi) is 3.58. The lowest BCUT2D eigenvalue weighted by atomic mass is 9.81. The topological polar surface area (TPSA) is 63.0 Å². The molecular formula is C14H24N4O. The van der Waals surface area contributed by atoms with Crippen molar-refractivity contribution in [3.63, 3.8) is 0 Å². The summed E-state index contributed by atoms with van der Waals surface area (Å²) in [6.45, 7) is 1.94. The first-order valence-electron chi connectivity index (χ1n) is 7.45. The van der Waals surface area contributed by atoms with Gasteiger partial charge >= 0.3 is 0 Å². The molecule has 0 radical (unpaired) electrons. The third-order valence-corrected chi connectivity index (χ3v) is 4.64. The van der Waals surface area contributed by atoms with Crippen molar-refractivity contribution in [2.45, 2.75) is 69.6 Å². The van der Waals surface area contributed by atoms with Crippen molar-refractivity contribution >= 4 is 0 Å². The molecule has 2 aliphatic carbocycles. The smallest absolute Gasteiger partial charge is 0.147 e. The molecule has 0 spiro atoms. The minimum Gasteiger partial charge on any atom is -0.392 e. The Balaban J connectivity index is 1.68. The van der Waals surface area contributed by atoms with Crippen molar-refractivity contribution in [3.05, 3.63) is 11.6 Å². The van der Waals surface area contributed by atoms with E-state index in [1.165, 1.54) is 19.3 Å². The fourth-order valence-electron chi connectivity index (χ4n) is 3.33. The number of nitrogens with one attached hydrogen (secondary N) is 1. The number of aliphatic hydroxyl groups is 1. The van der Waals surface area contributed by atoms with Crippen LogP contribution in [0.15, 0.2) is 0 Å². The predicted octanol–water partition coefficient (Wildman–Crippen LogP) is 1.26. The van der Waals surface area contributed by atoms with Crippen LogP contribution in [0.25, 0.3) is 0 Å². The molecule has 0 bridgehead atoms. The van der Waals surface area contributed by atoms with Gasteiger partial charge in [0.1, 0.15) is 11.6 Å². The molecule has 2 N–H and O–H groups in total. The molecule has 3 atom stereocenters. The van der Waals surface area contributed by atoms with Crippen LogP contribution in [-0.4, -0.2) is 38.1 Å². The Hall–Kier alpha value is -0.940. The molecule has 1 aromatic rings. The number of hydrogen-bond acceptors (Lipinski definition) is 4. The Morgan fingerprint density at radius 1 is 1.26 bits per heavy atom. The van der Waals surface area contributed by atoms with Gasteiger partial charge < -0.3 is 10.4 Å². The first-order chi connectivity index (χ1) is 9.13. The third kappa shape index (κ3) is 2.67. The van der Waals surface area contributed by atoms with E-state index in [1.54, 1.807) is 0 Å². The zero-order chi connectivity index (χ0) is 13.4. The summed E-state index contributed by atoms with van der Waals surface area (Å²) in [7, 11) is 1.97. The summed E-state index contributed by atoms with van der Waals surface area (Å²) in [5, 5.41) is 18.1. The maximum atomic E-state index is 10.2. The molecule has 0 aromatic carbocycles. The van der Waals surface area contributed by atoms with Gasteiger partial charge in [0.15, 0.2) is 0 Å². The maximum absolute atomic E-state index is 10.2. The highest BCUT2D eigenvalue weighted by atomic mass is 16.3. The van der Waals surface area contributed by atoms with E-state index in [2.05, 4.69) is 15.4 Å². The largest absolute Gasteiger partial charge is 0.392 e. The quantitative estimate of drug-likeness (QED) is 0.863. The van der Waals surface area contributed by atoms with Crippen molar-refractivity contribution < 1.29 is 5.11 Å². The van der Waals surface area contributed by atoms with E-state index in [4.69, 9.17) is 0 Å². The Morgan fingerprint density at radius 3 is 2.63 bits per heavy atom. The van der Waals surface area contributed by atoms with Crippen molar-refractivity contribution in [2.75, 3.05) is 0 Å². The standard InChI is InChI=1S/C14H24N4O/c1-9-15-14(18(2)17-9)10-6-7-13(19)12(8-10)16-11-4-3-5-11/h10-13,16,19H,3-8H2,1-2H3/t10-,12+,13+/m0/s1. The van der Waals surface area contributed by atoms with E-state index in [-0.39, 0.29) is 12.1 Å². The molecule has 2 fully saturated rings. The summed E-state index contributed by atoms with van der Waals surface area (Å²) >= 11 is 0. The van der Waals surface area contributed by atoms with Gasteiger partial charge in [0.25, 0.3) is 0 Å². The zero-order valence-electron chi connectivity index (χ0n) is 11.8. The molecule has 19 heavy (non-hydrogen) atoms.